The van der Waals surface area contributed by atoms with E-state index in [0.29, 0.717) is 5.92 Å². The van der Waals surface area contributed by atoms with Crippen LogP contribution in [0.2, 0.25) is 0 Å². The number of thiazole rings is 1. The number of aromatic nitrogens is 1. The van der Waals surface area contributed by atoms with Crippen LogP contribution >= 0.6 is 11.3 Å². The fraction of sp³-hybridized carbons (Fsp3) is 0.163. The number of para-hydroxylation sites is 2. The van der Waals surface area contributed by atoms with Crippen molar-refractivity contribution in [3.63, 3.8) is 0 Å². The van der Waals surface area contributed by atoms with Gasteiger partial charge >= 0.3 is 0 Å². The van der Waals surface area contributed by atoms with Gasteiger partial charge in [-0.2, -0.15) is 0 Å². The van der Waals surface area contributed by atoms with E-state index in [1.54, 1.807) is 11.3 Å². The summed E-state index contributed by atoms with van der Waals surface area (Å²) in [5.74, 6) is 0.515. The molecule has 0 fully saturated rings. The highest BCUT2D eigenvalue weighted by Crippen LogP contribution is 2.42. The van der Waals surface area contributed by atoms with E-state index in [4.69, 9.17) is 9.98 Å². The van der Waals surface area contributed by atoms with Gasteiger partial charge < -0.3 is 0 Å². The molecule has 1 aromatic heterocycles. The quantitative estimate of drug-likeness (QED) is 0.171. The number of benzene rings is 6. The van der Waals surface area contributed by atoms with Crippen molar-refractivity contribution in [2.45, 2.75) is 46.0 Å². The fourth-order valence-corrected chi connectivity index (χ4v) is 7.14. The van der Waals surface area contributed by atoms with Crippen LogP contribution in [0.1, 0.15) is 57.2 Å². The maximum Gasteiger partial charge on any atom is 0.126 e. The third-order valence-electron chi connectivity index (χ3n) is 8.76. The van der Waals surface area contributed by atoms with Crippen LogP contribution in [0.4, 0.5) is 5.69 Å². The van der Waals surface area contributed by atoms with Crippen molar-refractivity contribution in [2.24, 2.45) is 4.99 Å². The lowest BCUT2D eigenvalue weighted by Gasteiger charge is -2.19. The SMILES string of the molecule is CC(C)c1ccc(-c2ccc(-c3cccc4sc(-c5ccccc5N=Cc5cccc(C(C)(C)C)c5)nc34)c3ccccc23)cc1. The molecule has 0 N–H and O–H groups in total. The Kier molecular flexibility index (Phi) is 7.88. The van der Waals surface area contributed by atoms with Crippen LogP contribution in [0.3, 0.4) is 0 Å². The van der Waals surface area contributed by atoms with Crippen LogP contribution in [0.5, 0.6) is 0 Å². The predicted molar refractivity (Wildman–Crippen MR) is 200 cm³/mol. The fourth-order valence-electron chi connectivity index (χ4n) is 6.11. The molecule has 0 spiro atoms. The molecular weight excluding hydrogens is 577 g/mol. The Morgan fingerprint density at radius 1 is 0.652 bits per heavy atom. The van der Waals surface area contributed by atoms with E-state index in [9.17, 15) is 0 Å². The molecule has 7 rings (SSSR count). The molecule has 226 valence electrons. The molecule has 0 unspecified atom stereocenters. The van der Waals surface area contributed by atoms with Gasteiger partial charge in [0.25, 0.3) is 0 Å². The summed E-state index contributed by atoms with van der Waals surface area (Å²) in [7, 11) is 0. The highest BCUT2D eigenvalue weighted by molar-refractivity contribution is 7.21. The van der Waals surface area contributed by atoms with Gasteiger partial charge in [-0.25, -0.2) is 4.98 Å². The van der Waals surface area contributed by atoms with Gasteiger partial charge in [-0.15, -0.1) is 11.3 Å². The molecule has 1 heterocycles. The molecule has 0 aliphatic rings. The number of hydrogen-bond donors (Lipinski definition) is 0. The van der Waals surface area contributed by atoms with Crippen LogP contribution < -0.4 is 0 Å². The first-order chi connectivity index (χ1) is 22.3. The maximum atomic E-state index is 5.28. The van der Waals surface area contributed by atoms with Crippen LogP contribution in [0.15, 0.2) is 132 Å². The summed E-state index contributed by atoms with van der Waals surface area (Å²) in [5.41, 5.74) is 11.7. The average Bonchev–Trinajstić information content (AvgIpc) is 3.51. The van der Waals surface area contributed by atoms with Crippen molar-refractivity contribution in [3.8, 4) is 32.8 Å². The minimum Gasteiger partial charge on any atom is -0.256 e. The summed E-state index contributed by atoms with van der Waals surface area (Å²) in [5, 5.41) is 3.46. The molecule has 3 heteroatoms. The Balaban J connectivity index is 1.29. The molecule has 0 saturated carbocycles. The molecule has 0 saturated heterocycles. The van der Waals surface area contributed by atoms with E-state index in [2.05, 4.69) is 156 Å². The van der Waals surface area contributed by atoms with Gasteiger partial charge in [0.2, 0.25) is 0 Å². The molecule has 0 amide bonds. The van der Waals surface area contributed by atoms with Crippen molar-refractivity contribution >= 4 is 44.2 Å². The third-order valence-corrected chi connectivity index (χ3v) is 9.82. The predicted octanol–water partition coefficient (Wildman–Crippen LogP) is 12.6. The van der Waals surface area contributed by atoms with Crippen LogP contribution in [0, 0.1) is 0 Å². The Morgan fingerprint density at radius 3 is 2.09 bits per heavy atom. The minimum atomic E-state index is 0.0885. The zero-order chi connectivity index (χ0) is 31.8. The minimum absolute atomic E-state index is 0.0885. The summed E-state index contributed by atoms with van der Waals surface area (Å²) >= 11 is 1.72. The van der Waals surface area contributed by atoms with Crippen molar-refractivity contribution < 1.29 is 0 Å². The van der Waals surface area contributed by atoms with Crippen molar-refractivity contribution in [3.05, 3.63) is 144 Å². The first-order valence-electron chi connectivity index (χ1n) is 16.0. The van der Waals surface area contributed by atoms with E-state index in [-0.39, 0.29) is 5.41 Å². The molecular formula is C43H38N2S. The van der Waals surface area contributed by atoms with Gasteiger partial charge in [0.05, 0.1) is 15.9 Å². The number of rotatable bonds is 6. The Labute approximate surface area is 276 Å². The van der Waals surface area contributed by atoms with Gasteiger partial charge in [0, 0.05) is 17.3 Å². The molecule has 0 bridgehead atoms. The van der Waals surface area contributed by atoms with E-state index in [0.717, 1.165) is 32.9 Å². The lowest BCUT2D eigenvalue weighted by Crippen LogP contribution is -2.11. The van der Waals surface area contributed by atoms with E-state index >= 15 is 0 Å². The molecule has 6 aromatic carbocycles. The second-order valence-electron chi connectivity index (χ2n) is 13.3. The Morgan fingerprint density at radius 2 is 1.33 bits per heavy atom. The number of nitrogens with zero attached hydrogens (tertiary/aromatic N) is 2. The molecule has 46 heavy (non-hydrogen) atoms. The van der Waals surface area contributed by atoms with Crippen LogP contribution in [-0.2, 0) is 5.41 Å². The first-order valence-corrected chi connectivity index (χ1v) is 16.8. The van der Waals surface area contributed by atoms with E-state index < -0.39 is 0 Å². The van der Waals surface area contributed by atoms with Crippen LogP contribution in [-0.4, -0.2) is 11.2 Å². The first kappa shape index (κ1) is 29.8. The van der Waals surface area contributed by atoms with Gasteiger partial charge in [-0.1, -0.05) is 138 Å². The van der Waals surface area contributed by atoms with Gasteiger partial charge in [-0.05, 0) is 79.8 Å². The lowest BCUT2D eigenvalue weighted by molar-refractivity contribution is 0.590. The smallest absolute Gasteiger partial charge is 0.126 e. The zero-order valence-corrected chi connectivity index (χ0v) is 27.9. The largest absolute Gasteiger partial charge is 0.256 e. The van der Waals surface area contributed by atoms with Gasteiger partial charge in [0.1, 0.15) is 5.01 Å². The second kappa shape index (κ2) is 12.2. The Bertz CT molecular complexity index is 2210. The highest BCUT2D eigenvalue weighted by Gasteiger charge is 2.17. The topological polar surface area (TPSA) is 25.2 Å². The number of fused-ring (bicyclic) bond motifs is 2. The average molecular weight is 615 g/mol. The monoisotopic (exact) mass is 614 g/mol. The van der Waals surface area contributed by atoms with Crippen molar-refractivity contribution in [2.75, 3.05) is 0 Å². The molecule has 7 aromatic rings. The zero-order valence-electron chi connectivity index (χ0n) is 27.1. The summed E-state index contributed by atoms with van der Waals surface area (Å²) < 4.78 is 1.17. The van der Waals surface area contributed by atoms with Gasteiger partial charge in [0.15, 0.2) is 0 Å². The number of aliphatic imine (C=N–C) groups is 1. The van der Waals surface area contributed by atoms with Crippen LogP contribution in [0.25, 0.3) is 53.8 Å². The summed E-state index contributed by atoms with van der Waals surface area (Å²) in [6.07, 6.45) is 1.97. The molecule has 0 atom stereocenters. The lowest BCUT2D eigenvalue weighted by atomic mass is 9.86. The maximum absolute atomic E-state index is 5.28. The van der Waals surface area contributed by atoms with E-state index in [1.807, 2.05) is 12.3 Å². The summed E-state index contributed by atoms with van der Waals surface area (Å²) in [6, 6.07) is 45.8. The summed E-state index contributed by atoms with van der Waals surface area (Å²) in [4.78, 5) is 10.2. The molecule has 0 radical (unpaired) electrons. The highest BCUT2D eigenvalue weighted by atomic mass is 32.1. The van der Waals surface area contributed by atoms with Crippen molar-refractivity contribution in [1.82, 2.24) is 4.98 Å². The number of hydrogen-bond acceptors (Lipinski definition) is 3. The van der Waals surface area contributed by atoms with Crippen molar-refractivity contribution in [1.29, 1.82) is 0 Å². The summed E-state index contributed by atoms with van der Waals surface area (Å²) in [6.45, 7) is 11.2. The Hall–Kier alpha value is -4.86. The third kappa shape index (κ3) is 5.79. The molecule has 0 aliphatic carbocycles. The standard InChI is InChI=1S/C43H38N2S/c1-28(2)30-20-22-31(23-21-30)33-24-25-36(35-15-7-6-14-34(33)35)37-17-11-19-40-41(37)45-42(46-40)38-16-8-9-18-39(38)44-27-29-12-10-13-32(26-29)43(3,4)5/h6-28H,1-5H3. The molecule has 2 nitrogen and oxygen atoms in total. The normalized spacial score (nSPS) is 12.1. The van der Waals surface area contributed by atoms with Gasteiger partial charge in [-0.3, -0.25) is 4.99 Å². The molecule has 0 aliphatic heterocycles. The van der Waals surface area contributed by atoms with E-state index in [1.165, 1.54) is 43.3 Å². The second-order valence-corrected chi connectivity index (χ2v) is 14.3.